The maximum absolute atomic E-state index is 8.05. The Morgan fingerprint density at radius 3 is 0.442 bits per heavy atom. The van der Waals surface area contributed by atoms with Crippen LogP contribution in [-0.2, 0) is 32.9 Å². The minimum atomic E-state index is -3.22. The van der Waals surface area contributed by atoms with Crippen molar-refractivity contribution in [3.8, 4) is 0 Å². The van der Waals surface area contributed by atoms with E-state index < -0.39 is 68.5 Å². The molecule has 0 aromatic heterocycles. The summed E-state index contributed by atoms with van der Waals surface area (Å²) in [6.07, 6.45) is 6.11. The zero-order valence-corrected chi connectivity index (χ0v) is 39.7. The maximum Gasteiger partial charge on any atom is 0.322 e. The Kier molecular flexibility index (Phi) is 16.0. The summed E-state index contributed by atoms with van der Waals surface area (Å²) in [5, 5.41) is 0. The molecule has 6 fully saturated rings. The van der Waals surface area contributed by atoms with Crippen LogP contribution in [0.2, 0.25) is 71.0 Å². The average Bonchev–Trinajstić information content (AvgIpc) is 3.08. The van der Waals surface area contributed by atoms with Gasteiger partial charge >= 0.3 is 68.5 Å². The smallest absolute Gasteiger partial charge is 0.322 e. The van der Waals surface area contributed by atoms with Gasteiger partial charge in [-0.25, -0.2) is 0 Å². The summed E-state index contributed by atoms with van der Waals surface area (Å²) in [7, 11) is -25.7. The van der Waals surface area contributed by atoms with Gasteiger partial charge in [0.2, 0.25) is 0 Å². The summed E-state index contributed by atoms with van der Waals surface area (Å²) in [6, 6.07) is 5.76. The molecule has 0 amide bonds. The van der Waals surface area contributed by atoms with E-state index in [-0.39, 0.29) is 0 Å². The Labute approximate surface area is 320 Å². The van der Waals surface area contributed by atoms with Crippen LogP contribution in [0, 0.1) is 0 Å². The van der Waals surface area contributed by atoms with Gasteiger partial charge in [0.05, 0.1) is 0 Å². The monoisotopic (exact) mass is 872 g/mol. The predicted octanol–water partition coefficient (Wildman–Crippen LogP) is 0.672. The molecule has 0 aromatic rings. The van der Waals surface area contributed by atoms with Gasteiger partial charge in [-0.05, 0) is 152 Å². The van der Waals surface area contributed by atoms with Crippen molar-refractivity contribution in [1.29, 1.82) is 0 Å². The standard InChI is InChI=1S/C28H72N8O8Si8/c29-9-1-17-45-25-46(18-2-10-30)38-49(21-5-13-33)26-47(37-45,19-3-11-31)43-50(22-6-14-34)27-48(41-45,20-4-12-32)39-51(42-46,23-7-15-35)28-52(40-50,44-49)24-8-16-36/h1-36H2. The Hall–Kier alpha value is 1.10. The van der Waals surface area contributed by atoms with Gasteiger partial charge in [-0.2, -0.15) is 0 Å². The van der Waals surface area contributed by atoms with Gasteiger partial charge in [-0.3, -0.25) is 0 Å². The summed E-state index contributed by atoms with van der Waals surface area (Å²) >= 11 is 0. The first-order valence-electron chi connectivity index (χ1n) is 20.2. The van der Waals surface area contributed by atoms with E-state index in [9.17, 15) is 0 Å². The molecule has 0 unspecified atom stereocenters. The van der Waals surface area contributed by atoms with Gasteiger partial charge in [0.15, 0.2) is 0 Å². The molecule has 6 rings (SSSR count). The van der Waals surface area contributed by atoms with Gasteiger partial charge in [-0.15, -0.1) is 0 Å². The summed E-state index contributed by atoms with van der Waals surface area (Å²) in [5.74, 6) is 0. The van der Waals surface area contributed by atoms with E-state index in [2.05, 4.69) is 0 Å². The van der Waals surface area contributed by atoms with Crippen molar-refractivity contribution < 1.29 is 32.9 Å². The number of rotatable bonds is 24. The van der Waals surface area contributed by atoms with Crippen LogP contribution >= 0.6 is 0 Å². The van der Waals surface area contributed by atoms with Crippen molar-refractivity contribution in [2.75, 3.05) is 52.4 Å². The lowest BCUT2D eigenvalue weighted by atomic mass is 10.5. The van der Waals surface area contributed by atoms with Crippen molar-refractivity contribution in [2.24, 2.45) is 45.9 Å². The normalized spacial score (nSPS) is 41.1. The topological polar surface area (TPSA) is 282 Å². The predicted molar refractivity (Wildman–Crippen MR) is 222 cm³/mol. The molecular formula is C28H72N8O8Si8. The van der Waals surface area contributed by atoms with Gasteiger partial charge < -0.3 is 78.8 Å². The fourth-order valence-corrected chi connectivity index (χ4v) is 81.9. The lowest BCUT2D eigenvalue weighted by molar-refractivity contribution is 0.162. The first-order valence-corrected chi connectivity index (χ1v) is 38.0. The van der Waals surface area contributed by atoms with Crippen molar-refractivity contribution in [3.05, 3.63) is 0 Å². The number of hydrogen-bond acceptors (Lipinski definition) is 16. The summed E-state index contributed by atoms with van der Waals surface area (Å²) in [5.41, 5.74) is 53.0. The molecule has 0 aromatic carbocycles. The second-order valence-corrected chi connectivity index (χ2v) is 46.7. The van der Waals surface area contributed by atoms with Crippen LogP contribution in [0.25, 0.3) is 0 Å². The Balaban J connectivity index is 1.88. The summed E-state index contributed by atoms with van der Waals surface area (Å²) in [6.45, 7) is 4.21. The average molecular weight is 874 g/mol. The highest BCUT2D eigenvalue weighted by atomic mass is 28.6. The Bertz CT molecular complexity index is 829. The van der Waals surface area contributed by atoms with E-state index in [1.165, 1.54) is 0 Å². The van der Waals surface area contributed by atoms with Crippen LogP contribution in [0.1, 0.15) is 51.4 Å². The Morgan fingerprint density at radius 2 is 0.346 bits per heavy atom. The third-order valence-electron chi connectivity index (χ3n) is 11.2. The molecule has 0 atom stereocenters. The summed E-state index contributed by atoms with van der Waals surface area (Å²) in [4.78, 5) is 0. The van der Waals surface area contributed by atoms with Gasteiger partial charge in [0.25, 0.3) is 0 Å². The minimum Gasteiger partial charge on any atom is -0.415 e. The molecule has 304 valence electrons. The molecule has 0 spiro atoms. The molecule has 24 heteroatoms. The highest BCUT2D eigenvalue weighted by Crippen LogP contribution is 2.58. The maximum atomic E-state index is 8.05. The first kappa shape index (κ1) is 44.2. The minimum absolute atomic E-state index is 0.526. The first-order chi connectivity index (χ1) is 25.0. The number of nitrogens with two attached hydrogens (primary N) is 8. The third-order valence-corrected chi connectivity index (χ3v) is 61.2. The zero-order chi connectivity index (χ0) is 37.5. The number of hydrogen-bond donors (Lipinski definition) is 8. The van der Waals surface area contributed by atoms with E-state index in [0.717, 1.165) is 99.7 Å². The third kappa shape index (κ3) is 10.0. The van der Waals surface area contributed by atoms with E-state index in [0.29, 0.717) is 75.0 Å². The van der Waals surface area contributed by atoms with Crippen molar-refractivity contribution in [1.82, 2.24) is 0 Å². The second kappa shape index (κ2) is 18.8. The highest BCUT2D eigenvalue weighted by Gasteiger charge is 2.78. The summed E-state index contributed by atoms with van der Waals surface area (Å²) < 4.78 is 64.2. The fourth-order valence-electron chi connectivity index (χ4n) is 9.59. The SMILES string of the molecule is NCCC[Si]12C[Si]3(CCCN)O[Si]4(CCCN)C[Si]5(CCCN)O[Si](CCCN)(C[Si](CCCN)(O1)O4)O[Si](CCCN)(C[Si](CCCN)(O3)O5)O2. The quantitative estimate of drug-likeness (QED) is 0.0619. The molecule has 6 heterocycles. The largest absolute Gasteiger partial charge is 0.415 e. The van der Waals surface area contributed by atoms with Crippen LogP contribution in [0.4, 0.5) is 0 Å². The molecule has 6 saturated heterocycles. The van der Waals surface area contributed by atoms with E-state index in [1.54, 1.807) is 0 Å². The van der Waals surface area contributed by atoms with E-state index >= 15 is 0 Å². The fraction of sp³-hybridized carbons (Fsp3) is 1.00. The van der Waals surface area contributed by atoms with Crippen LogP contribution in [-0.4, -0.2) is 121 Å². The zero-order valence-electron chi connectivity index (χ0n) is 31.7. The van der Waals surface area contributed by atoms with Gasteiger partial charge in [0, 0.05) is 22.7 Å². The molecule has 6 aliphatic rings. The van der Waals surface area contributed by atoms with Crippen LogP contribution in [0.3, 0.4) is 0 Å². The van der Waals surface area contributed by atoms with Crippen molar-refractivity contribution >= 4 is 68.5 Å². The van der Waals surface area contributed by atoms with Gasteiger partial charge in [-0.1, -0.05) is 0 Å². The van der Waals surface area contributed by atoms with Crippen LogP contribution < -0.4 is 45.9 Å². The molecule has 0 radical (unpaired) electrons. The van der Waals surface area contributed by atoms with Crippen LogP contribution in [0.5, 0.6) is 0 Å². The van der Waals surface area contributed by atoms with Crippen molar-refractivity contribution in [3.63, 3.8) is 0 Å². The highest BCUT2D eigenvalue weighted by molar-refractivity contribution is 7.13. The Morgan fingerprint density at radius 1 is 0.231 bits per heavy atom. The molecule has 6 aliphatic heterocycles. The van der Waals surface area contributed by atoms with Crippen LogP contribution in [0.15, 0.2) is 0 Å². The van der Waals surface area contributed by atoms with E-state index in [4.69, 9.17) is 78.8 Å². The van der Waals surface area contributed by atoms with Crippen molar-refractivity contribution in [2.45, 2.75) is 122 Å². The lowest BCUT2D eigenvalue weighted by Gasteiger charge is -2.66. The molecule has 16 nitrogen and oxygen atoms in total. The van der Waals surface area contributed by atoms with Gasteiger partial charge in [0.1, 0.15) is 0 Å². The lowest BCUT2D eigenvalue weighted by Crippen LogP contribution is -2.85. The molecule has 0 saturated carbocycles. The molecule has 52 heavy (non-hydrogen) atoms. The molecular weight excluding hydrogens is 801 g/mol. The molecule has 16 N–H and O–H groups in total. The molecule has 8 bridgehead atoms. The van der Waals surface area contributed by atoms with E-state index in [1.807, 2.05) is 0 Å². The second-order valence-electron chi connectivity index (χ2n) is 15.9. The molecule has 0 aliphatic carbocycles.